The molecule has 0 aromatic carbocycles. The van der Waals surface area contributed by atoms with Gasteiger partial charge < -0.3 is 15.0 Å². The zero-order chi connectivity index (χ0) is 18.4. The fraction of sp³-hybridized carbons (Fsp3) is 0.412. The van der Waals surface area contributed by atoms with Gasteiger partial charge in [0.1, 0.15) is 4.83 Å². The van der Waals surface area contributed by atoms with Crippen LogP contribution in [0, 0.1) is 6.92 Å². The van der Waals surface area contributed by atoms with Gasteiger partial charge in [-0.25, -0.2) is 4.98 Å². The highest BCUT2D eigenvalue weighted by Crippen LogP contribution is 2.29. The topological polar surface area (TPSA) is 104 Å². The second-order valence-electron chi connectivity index (χ2n) is 6.40. The summed E-state index contributed by atoms with van der Waals surface area (Å²) in [7, 11) is 0. The van der Waals surface area contributed by atoms with Crippen molar-refractivity contribution >= 4 is 27.5 Å². The summed E-state index contributed by atoms with van der Waals surface area (Å²) in [6.07, 6.45) is 1.37. The Morgan fingerprint density at radius 3 is 3.00 bits per heavy atom. The highest BCUT2D eigenvalue weighted by atomic mass is 32.1. The van der Waals surface area contributed by atoms with Gasteiger partial charge in [0.25, 0.3) is 11.5 Å². The normalized spacial score (nSPS) is 15.3. The lowest BCUT2D eigenvalue weighted by molar-refractivity contribution is 0.0710. The maximum Gasteiger partial charge on any atom is 0.264 e. The van der Waals surface area contributed by atoms with Crippen LogP contribution < -0.4 is 5.56 Å². The molecular weight excluding hydrogens is 354 g/mol. The third-order valence-corrected chi connectivity index (χ3v) is 5.95. The van der Waals surface area contributed by atoms with Crippen LogP contribution >= 0.6 is 11.3 Å². The molecule has 4 rings (SSSR count). The Bertz CT molecular complexity index is 1050. The van der Waals surface area contributed by atoms with Crippen molar-refractivity contribution in [2.75, 3.05) is 6.54 Å². The van der Waals surface area contributed by atoms with E-state index in [0.717, 1.165) is 5.69 Å². The number of carbonyl (C=O) groups excluding carboxylic acids is 1. The monoisotopic (exact) mass is 373 g/mol. The Morgan fingerprint density at radius 1 is 1.46 bits per heavy atom. The summed E-state index contributed by atoms with van der Waals surface area (Å²) in [4.78, 5) is 34.7. The lowest BCUT2D eigenvalue weighted by atomic mass is 10.1. The average molecular weight is 373 g/mol. The number of aromatic nitrogens is 4. The molecule has 2 N–H and O–H groups in total. The molecule has 1 atom stereocenters. The van der Waals surface area contributed by atoms with Crippen molar-refractivity contribution < 1.29 is 9.90 Å². The first kappa shape index (κ1) is 16.9. The number of aromatic amines is 1. The number of aryl methyl sites for hydroxylation is 1. The highest BCUT2D eigenvalue weighted by Gasteiger charge is 2.27. The Balaban J connectivity index is 1.64. The molecule has 1 aliphatic heterocycles. The van der Waals surface area contributed by atoms with E-state index in [1.165, 1.54) is 17.7 Å². The van der Waals surface area contributed by atoms with Gasteiger partial charge in [-0.3, -0.25) is 14.3 Å². The lowest BCUT2D eigenvalue weighted by Crippen LogP contribution is -2.38. The number of thiophene rings is 1. The molecule has 8 nitrogen and oxygen atoms in total. The number of hydrogen-bond acceptors (Lipinski definition) is 6. The van der Waals surface area contributed by atoms with Crippen LogP contribution in [0.1, 0.15) is 46.1 Å². The summed E-state index contributed by atoms with van der Waals surface area (Å²) in [5, 5.41) is 14.9. The first-order chi connectivity index (χ1) is 12.5. The molecule has 0 saturated heterocycles. The summed E-state index contributed by atoms with van der Waals surface area (Å²) in [5.41, 5.74) is 2.00. The average Bonchev–Trinajstić information content (AvgIpc) is 3.21. The van der Waals surface area contributed by atoms with E-state index >= 15 is 0 Å². The van der Waals surface area contributed by atoms with Crippen molar-refractivity contribution in [1.82, 2.24) is 24.6 Å². The zero-order valence-electron chi connectivity index (χ0n) is 14.5. The molecule has 3 aromatic heterocycles. The van der Waals surface area contributed by atoms with E-state index in [-0.39, 0.29) is 11.5 Å². The molecule has 26 heavy (non-hydrogen) atoms. The lowest BCUT2D eigenvalue weighted by Gasteiger charge is -2.27. The molecule has 0 bridgehead atoms. The molecule has 1 amide bonds. The predicted molar refractivity (Wildman–Crippen MR) is 97.2 cm³/mol. The van der Waals surface area contributed by atoms with Crippen molar-refractivity contribution in [3.63, 3.8) is 0 Å². The number of nitrogens with zero attached hydrogens (tertiary/aromatic N) is 4. The fourth-order valence-corrected chi connectivity index (χ4v) is 4.38. The first-order valence-electron chi connectivity index (χ1n) is 8.50. The third kappa shape index (κ3) is 2.63. The van der Waals surface area contributed by atoms with Gasteiger partial charge in [-0.15, -0.1) is 11.3 Å². The largest absolute Gasteiger partial charge is 0.387 e. The Labute approximate surface area is 153 Å². The van der Waals surface area contributed by atoms with Crippen LogP contribution in [-0.4, -0.2) is 42.2 Å². The number of aliphatic hydroxyl groups is 1. The minimum Gasteiger partial charge on any atom is -0.387 e. The maximum atomic E-state index is 13.0. The van der Waals surface area contributed by atoms with E-state index in [2.05, 4.69) is 15.1 Å². The van der Waals surface area contributed by atoms with Crippen molar-refractivity contribution in [2.45, 2.75) is 39.5 Å². The fourth-order valence-electron chi connectivity index (χ4n) is 3.26. The minimum atomic E-state index is -0.583. The molecule has 0 spiro atoms. The summed E-state index contributed by atoms with van der Waals surface area (Å²) < 4.78 is 1.85. The Morgan fingerprint density at radius 2 is 2.27 bits per heavy atom. The molecule has 1 aliphatic rings. The third-order valence-electron chi connectivity index (χ3n) is 4.76. The molecule has 3 aromatic rings. The molecule has 0 aliphatic carbocycles. The maximum absolute atomic E-state index is 13.0. The summed E-state index contributed by atoms with van der Waals surface area (Å²) in [5.74, 6) is -0.102. The molecule has 0 radical (unpaired) electrons. The number of hydrogen-bond donors (Lipinski definition) is 2. The number of aliphatic hydroxyl groups excluding tert-OH is 1. The zero-order valence-corrected chi connectivity index (χ0v) is 15.3. The van der Waals surface area contributed by atoms with Gasteiger partial charge in [-0.2, -0.15) is 5.10 Å². The van der Waals surface area contributed by atoms with E-state index in [9.17, 15) is 14.7 Å². The number of fused-ring (bicyclic) bond motifs is 2. The van der Waals surface area contributed by atoms with Gasteiger partial charge >= 0.3 is 0 Å². The standard InChI is InChI=1S/C17H19N5O3S/c1-3-12(23)11-6-10-7-21(4-5-22(10)20-11)17(25)14-9(2)13-15(24)18-8-19-16(13)26-14/h6,8,12,23H,3-5,7H2,1-2H3,(H,18,19,24). The number of carbonyl (C=O) groups is 1. The first-order valence-corrected chi connectivity index (χ1v) is 9.32. The van der Waals surface area contributed by atoms with Gasteiger partial charge in [0.05, 0.1) is 47.2 Å². The second-order valence-corrected chi connectivity index (χ2v) is 7.40. The molecular formula is C17H19N5O3S. The molecule has 9 heteroatoms. The Hall–Kier alpha value is -2.52. The second kappa shape index (κ2) is 6.33. The summed E-state index contributed by atoms with van der Waals surface area (Å²) in [6.45, 7) is 5.23. The number of H-pyrrole nitrogens is 1. The molecule has 0 saturated carbocycles. The minimum absolute atomic E-state index is 0.102. The smallest absolute Gasteiger partial charge is 0.264 e. The summed E-state index contributed by atoms with van der Waals surface area (Å²) in [6, 6.07) is 1.86. The molecule has 1 unspecified atom stereocenters. The SMILES string of the molecule is CCC(O)c1cc2n(n1)CCN(C(=O)c1sc3nc[nH]c(=O)c3c1C)C2. The van der Waals surface area contributed by atoms with Gasteiger partial charge in [0, 0.05) is 6.54 Å². The number of nitrogens with one attached hydrogen (secondary N) is 1. The molecule has 0 fully saturated rings. The van der Waals surface area contributed by atoms with Crippen LogP contribution in [0.4, 0.5) is 0 Å². The van der Waals surface area contributed by atoms with Gasteiger partial charge in [0.2, 0.25) is 0 Å². The quantitative estimate of drug-likeness (QED) is 0.725. The molecule has 136 valence electrons. The van der Waals surface area contributed by atoms with E-state index in [1.807, 2.05) is 17.7 Å². The van der Waals surface area contributed by atoms with Crippen LogP contribution in [0.2, 0.25) is 0 Å². The van der Waals surface area contributed by atoms with Gasteiger partial charge in [-0.1, -0.05) is 6.92 Å². The van der Waals surface area contributed by atoms with E-state index in [4.69, 9.17) is 0 Å². The Kier molecular flexibility index (Phi) is 4.12. The van der Waals surface area contributed by atoms with Gasteiger partial charge in [-0.05, 0) is 25.0 Å². The van der Waals surface area contributed by atoms with Crippen molar-refractivity contribution in [1.29, 1.82) is 0 Å². The molecule has 4 heterocycles. The number of rotatable bonds is 3. The van der Waals surface area contributed by atoms with Gasteiger partial charge in [0.15, 0.2) is 0 Å². The van der Waals surface area contributed by atoms with Crippen molar-refractivity contribution in [2.24, 2.45) is 0 Å². The predicted octanol–water partition coefficient (Wildman–Crippen LogP) is 1.59. The van der Waals surface area contributed by atoms with Crippen LogP contribution in [0.15, 0.2) is 17.2 Å². The van der Waals surface area contributed by atoms with Crippen LogP contribution in [-0.2, 0) is 13.1 Å². The van der Waals surface area contributed by atoms with Crippen molar-refractivity contribution in [3.05, 3.63) is 44.6 Å². The van der Waals surface area contributed by atoms with Crippen LogP contribution in [0.3, 0.4) is 0 Å². The van der Waals surface area contributed by atoms with Crippen LogP contribution in [0.5, 0.6) is 0 Å². The van der Waals surface area contributed by atoms with Crippen LogP contribution in [0.25, 0.3) is 10.2 Å². The van der Waals surface area contributed by atoms with Crippen molar-refractivity contribution in [3.8, 4) is 0 Å². The highest BCUT2D eigenvalue weighted by molar-refractivity contribution is 7.20. The van der Waals surface area contributed by atoms with E-state index < -0.39 is 6.10 Å². The van der Waals surface area contributed by atoms with E-state index in [1.54, 1.807) is 11.8 Å². The number of amides is 1. The summed E-state index contributed by atoms with van der Waals surface area (Å²) >= 11 is 1.25. The van der Waals surface area contributed by atoms with E-state index in [0.29, 0.717) is 52.4 Å².